The van der Waals surface area contributed by atoms with Crippen LogP contribution in [0.5, 0.6) is 0 Å². The van der Waals surface area contributed by atoms with Crippen LogP contribution in [-0.4, -0.2) is 69.8 Å². The number of halogens is 1. The van der Waals surface area contributed by atoms with Crippen molar-refractivity contribution in [3.8, 4) is 11.1 Å². The summed E-state index contributed by atoms with van der Waals surface area (Å²) in [6.07, 6.45) is 4.46. The fraction of sp³-hybridized carbons (Fsp3) is 0.0833. The molecule has 0 fully saturated rings. The largest absolute Gasteiger partial charge is 0.465 e. The monoisotopic (exact) mass is 734 g/mol. The smallest absolute Gasteiger partial charge is 0.337 e. The predicted molar refractivity (Wildman–Crippen MR) is 189 cm³/mol. The van der Waals surface area contributed by atoms with Gasteiger partial charge >= 0.3 is 17.9 Å². The number of H-pyrrole nitrogens is 1. The van der Waals surface area contributed by atoms with E-state index in [1.54, 1.807) is 60.9 Å². The Morgan fingerprint density at radius 1 is 0.620 bits per heavy atom. The molecule has 50 heavy (non-hydrogen) atoms. The molecule has 0 amide bonds. The number of nitrogens with one attached hydrogen (secondary N) is 1. The van der Waals surface area contributed by atoms with Gasteiger partial charge in [0.05, 0.1) is 73.2 Å². The molecule has 0 bridgehead atoms. The average Bonchev–Trinajstić information content (AvgIpc) is 3.17. The van der Waals surface area contributed by atoms with Crippen LogP contribution < -0.4 is 5.43 Å². The Labute approximate surface area is 292 Å². The van der Waals surface area contributed by atoms with Gasteiger partial charge in [-0.2, -0.15) is 25.5 Å². The van der Waals surface area contributed by atoms with Gasteiger partial charge in [0.1, 0.15) is 0 Å². The van der Waals surface area contributed by atoms with Gasteiger partial charge in [0.25, 0.3) is 0 Å². The van der Waals surface area contributed by atoms with Gasteiger partial charge in [-0.25, -0.2) is 14.4 Å². The van der Waals surface area contributed by atoms with E-state index in [2.05, 4.69) is 56.0 Å². The minimum Gasteiger partial charge on any atom is -0.465 e. The third-order valence-electron chi connectivity index (χ3n) is 7.23. The number of carbonyl (C=O) groups is 3. The number of benzene rings is 4. The van der Waals surface area contributed by atoms with Gasteiger partial charge in [-0.05, 0) is 76.1 Å². The minimum absolute atomic E-state index is 0.227. The molecular weight excluding hydrogens is 708 g/mol. The number of aromatic nitrogens is 6. The molecule has 0 spiro atoms. The maximum atomic E-state index is 11.6. The Kier molecular flexibility index (Phi) is 11.3. The molecule has 0 aliphatic heterocycles. The zero-order valence-corrected chi connectivity index (χ0v) is 28.4. The number of esters is 3. The van der Waals surface area contributed by atoms with Crippen LogP contribution in [0.4, 0.5) is 0 Å². The number of ether oxygens (including phenoxy) is 3. The van der Waals surface area contributed by atoms with E-state index in [1.165, 1.54) is 33.6 Å². The molecule has 0 radical (unpaired) electrons. The van der Waals surface area contributed by atoms with Crippen molar-refractivity contribution in [2.75, 3.05) is 21.3 Å². The number of fused-ring (bicyclic) bond motifs is 3. The second kappa shape index (κ2) is 16.1. The lowest BCUT2D eigenvalue weighted by Gasteiger charge is -2.06. The van der Waals surface area contributed by atoms with Crippen LogP contribution in [0.3, 0.4) is 0 Å². The van der Waals surface area contributed by atoms with Crippen molar-refractivity contribution >= 4 is 66.5 Å². The molecule has 0 saturated heterocycles. The molecule has 0 atom stereocenters. The van der Waals surface area contributed by atoms with Crippen molar-refractivity contribution in [3.63, 3.8) is 0 Å². The molecule has 4 aromatic carbocycles. The Hall–Kier alpha value is -6.41. The summed E-state index contributed by atoms with van der Waals surface area (Å²) in [4.78, 5) is 45.6. The Morgan fingerprint density at radius 2 is 1.14 bits per heavy atom. The highest BCUT2D eigenvalue weighted by Crippen LogP contribution is 2.27. The van der Waals surface area contributed by atoms with Crippen molar-refractivity contribution in [2.45, 2.75) is 0 Å². The van der Waals surface area contributed by atoms with Gasteiger partial charge in [-0.1, -0.05) is 30.3 Å². The zero-order chi connectivity index (χ0) is 35.6. The third kappa shape index (κ3) is 7.99. The molecule has 0 unspecified atom stereocenters. The molecule has 7 rings (SSSR count). The highest BCUT2D eigenvalue weighted by Gasteiger charge is 2.11. The lowest BCUT2D eigenvalue weighted by Crippen LogP contribution is -2.06. The Balaban J connectivity index is 0.000000148. The molecule has 14 heteroatoms. The van der Waals surface area contributed by atoms with Crippen LogP contribution in [-0.2, 0) is 14.2 Å². The molecule has 13 nitrogen and oxygen atoms in total. The molecular formula is C36H27BrN6O7. The predicted octanol–water partition coefficient (Wildman–Crippen LogP) is 5.97. The molecule has 3 aromatic heterocycles. The number of nitrogens with zero attached hydrogens (tertiary/aromatic N) is 5. The number of methoxy groups -OCH3 is 3. The quantitative estimate of drug-likeness (QED) is 0.166. The second-order valence-corrected chi connectivity index (χ2v) is 11.1. The minimum atomic E-state index is -0.465. The van der Waals surface area contributed by atoms with Crippen LogP contribution in [0.1, 0.15) is 31.1 Å². The highest BCUT2D eigenvalue weighted by molar-refractivity contribution is 9.10. The van der Waals surface area contributed by atoms with E-state index in [0.717, 1.165) is 37.4 Å². The van der Waals surface area contributed by atoms with Gasteiger partial charge in [0.2, 0.25) is 5.43 Å². The van der Waals surface area contributed by atoms with Crippen molar-refractivity contribution < 1.29 is 28.6 Å². The molecule has 250 valence electrons. The first kappa shape index (κ1) is 34.9. The standard InChI is InChI=1S/C16H12N2O2.C10H7BrN2O2.C10H8N2O3/c1-20-16(19)12-7-8-15-13(9-12)14(10-17-18-15)11-5-3-2-4-6-11;1-15-10(14)6-2-3-9-7(4-6)8(11)5-12-13-9;1-15-10(14)6-2-3-8-7(4-6)9(13)5-11-12-8/h2-10H,1H3;2-5H,1H3;2-5H,1H3,(H,12,13). The van der Waals surface area contributed by atoms with E-state index in [4.69, 9.17) is 4.74 Å². The van der Waals surface area contributed by atoms with Gasteiger partial charge < -0.3 is 14.2 Å². The van der Waals surface area contributed by atoms with E-state index in [9.17, 15) is 19.2 Å². The summed E-state index contributed by atoms with van der Waals surface area (Å²) in [5, 5.41) is 24.3. The fourth-order valence-electron chi connectivity index (χ4n) is 4.74. The average molecular weight is 736 g/mol. The lowest BCUT2D eigenvalue weighted by molar-refractivity contribution is 0.0592. The number of rotatable bonds is 4. The van der Waals surface area contributed by atoms with Gasteiger partial charge in [-0.3, -0.25) is 9.89 Å². The summed E-state index contributed by atoms with van der Waals surface area (Å²) < 4.78 is 14.8. The second-order valence-electron chi connectivity index (χ2n) is 10.2. The van der Waals surface area contributed by atoms with Gasteiger partial charge in [0.15, 0.2) is 0 Å². The van der Waals surface area contributed by atoms with Crippen LogP contribution in [0, 0.1) is 0 Å². The van der Waals surface area contributed by atoms with Crippen molar-refractivity contribution in [3.05, 3.63) is 135 Å². The highest BCUT2D eigenvalue weighted by atomic mass is 79.9. The maximum Gasteiger partial charge on any atom is 0.337 e. The first-order chi connectivity index (χ1) is 24.2. The van der Waals surface area contributed by atoms with Crippen LogP contribution in [0.15, 0.2) is 113 Å². The van der Waals surface area contributed by atoms with Crippen LogP contribution >= 0.6 is 15.9 Å². The van der Waals surface area contributed by atoms with Crippen LogP contribution in [0.25, 0.3) is 43.8 Å². The van der Waals surface area contributed by atoms with E-state index in [1.807, 2.05) is 30.3 Å². The molecule has 3 heterocycles. The van der Waals surface area contributed by atoms with E-state index in [-0.39, 0.29) is 17.4 Å². The first-order valence-electron chi connectivity index (χ1n) is 14.7. The number of hydrogen-bond donors (Lipinski definition) is 1. The van der Waals surface area contributed by atoms with Crippen molar-refractivity contribution in [2.24, 2.45) is 0 Å². The van der Waals surface area contributed by atoms with Gasteiger partial charge in [-0.15, -0.1) is 0 Å². The zero-order valence-electron chi connectivity index (χ0n) is 26.8. The lowest BCUT2D eigenvalue weighted by atomic mass is 10.0. The normalized spacial score (nSPS) is 10.3. The van der Waals surface area contributed by atoms with Crippen LogP contribution in [0.2, 0.25) is 0 Å². The molecule has 7 aromatic rings. The molecule has 0 aliphatic carbocycles. The van der Waals surface area contributed by atoms with Gasteiger partial charge in [0, 0.05) is 26.2 Å². The van der Waals surface area contributed by atoms with Crippen molar-refractivity contribution in [1.82, 2.24) is 30.6 Å². The fourth-order valence-corrected chi connectivity index (χ4v) is 5.15. The van der Waals surface area contributed by atoms with E-state index < -0.39 is 5.97 Å². The summed E-state index contributed by atoms with van der Waals surface area (Å²) in [5.74, 6) is -1.18. The van der Waals surface area contributed by atoms with E-state index in [0.29, 0.717) is 27.6 Å². The summed E-state index contributed by atoms with van der Waals surface area (Å²) >= 11 is 3.35. The number of carbonyl (C=O) groups excluding carboxylic acids is 3. The first-order valence-corrected chi connectivity index (χ1v) is 15.5. The Morgan fingerprint density at radius 3 is 1.74 bits per heavy atom. The summed E-state index contributed by atoms with van der Waals surface area (Å²) in [7, 11) is 4.02. The van der Waals surface area contributed by atoms with Crippen molar-refractivity contribution in [1.29, 1.82) is 0 Å². The topological polar surface area (TPSA) is 176 Å². The Bertz CT molecular complexity index is 2400. The maximum absolute atomic E-state index is 11.6. The molecule has 0 aliphatic rings. The van der Waals surface area contributed by atoms with E-state index >= 15 is 0 Å². The summed E-state index contributed by atoms with van der Waals surface area (Å²) in [5.41, 5.74) is 5.18. The molecule has 0 saturated carbocycles. The summed E-state index contributed by atoms with van der Waals surface area (Å²) in [6, 6.07) is 25.0. The third-order valence-corrected chi connectivity index (χ3v) is 7.86. The number of aromatic amines is 1. The number of hydrogen-bond acceptors (Lipinski definition) is 12. The molecule has 1 N–H and O–H groups in total. The summed E-state index contributed by atoms with van der Waals surface area (Å²) in [6.45, 7) is 0. The SMILES string of the molecule is COC(=O)c1ccc2[nH]ncc(=O)c2c1.COC(=O)c1ccc2nncc(-c3ccccc3)c2c1.COC(=O)c1ccc2nncc(Br)c2c1.